The Morgan fingerprint density at radius 3 is 3.00 bits per heavy atom. The third kappa shape index (κ3) is 2.96. The van der Waals surface area contributed by atoms with Crippen LogP contribution in [0.15, 0.2) is 35.5 Å². The molecule has 102 valence electrons. The second-order valence-electron chi connectivity index (χ2n) is 5.17. The molecule has 0 aliphatic carbocycles. The zero-order valence-corrected chi connectivity index (χ0v) is 11.1. The van der Waals surface area contributed by atoms with Gasteiger partial charge in [-0.3, -0.25) is 0 Å². The molecule has 3 rings (SSSR count). The fraction of sp³-hybridized carbons (Fsp3) is 0.533. The van der Waals surface area contributed by atoms with Crippen LogP contribution in [0.1, 0.15) is 18.9 Å². The molecule has 2 aliphatic rings. The van der Waals surface area contributed by atoms with Crippen LogP contribution in [0, 0.1) is 5.92 Å². The van der Waals surface area contributed by atoms with Crippen molar-refractivity contribution < 1.29 is 14.3 Å². The van der Waals surface area contributed by atoms with Gasteiger partial charge in [-0.25, -0.2) is 0 Å². The monoisotopic (exact) mass is 261 g/mol. The minimum atomic E-state index is 0.150. The SMILES string of the molecule is C[C@@H]1ON=C2CO[C@@H](COCc3ccccc3)C[C@H]21. The third-order valence-electron chi connectivity index (χ3n) is 3.73. The van der Waals surface area contributed by atoms with Gasteiger partial charge in [-0.05, 0) is 18.9 Å². The summed E-state index contributed by atoms with van der Waals surface area (Å²) in [6.07, 6.45) is 1.27. The van der Waals surface area contributed by atoms with Gasteiger partial charge in [0.2, 0.25) is 0 Å². The van der Waals surface area contributed by atoms with Crippen molar-refractivity contribution >= 4 is 5.71 Å². The van der Waals surface area contributed by atoms with E-state index in [0.29, 0.717) is 25.7 Å². The summed E-state index contributed by atoms with van der Waals surface area (Å²) in [5, 5.41) is 4.05. The van der Waals surface area contributed by atoms with Gasteiger partial charge < -0.3 is 14.3 Å². The van der Waals surface area contributed by atoms with Crippen molar-refractivity contribution in [2.45, 2.75) is 32.2 Å². The molecule has 3 atom stereocenters. The Bertz CT molecular complexity index is 446. The average molecular weight is 261 g/mol. The van der Waals surface area contributed by atoms with E-state index < -0.39 is 0 Å². The largest absolute Gasteiger partial charge is 0.392 e. The first-order chi connectivity index (χ1) is 9.33. The molecule has 19 heavy (non-hydrogen) atoms. The first kappa shape index (κ1) is 12.6. The highest BCUT2D eigenvalue weighted by Gasteiger charge is 2.37. The topological polar surface area (TPSA) is 40.0 Å². The molecule has 0 spiro atoms. The van der Waals surface area contributed by atoms with E-state index in [1.807, 2.05) is 18.2 Å². The van der Waals surface area contributed by atoms with Crippen molar-refractivity contribution in [3.8, 4) is 0 Å². The van der Waals surface area contributed by atoms with Crippen LogP contribution < -0.4 is 0 Å². The summed E-state index contributed by atoms with van der Waals surface area (Å²) in [4.78, 5) is 5.29. The summed E-state index contributed by atoms with van der Waals surface area (Å²) < 4.78 is 11.5. The Morgan fingerprint density at radius 2 is 2.16 bits per heavy atom. The van der Waals surface area contributed by atoms with Crippen LogP contribution in [0.2, 0.25) is 0 Å². The summed E-state index contributed by atoms with van der Waals surface area (Å²) >= 11 is 0. The number of rotatable bonds is 4. The number of oxime groups is 1. The summed E-state index contributed by atoms with van der Waals surface area (Å²) in [5.41, 5.74) is 2.24. The quantitative estimate of drug-likeness (QED) is 0.835. The normalized spacial score (nSPS) is 29.5. The molecule has 4 nitrogen and oxygen atoms in total. The van der Waals surface area contributed by atoms with Crippen LogP contribution in [0.3, 0.4) is 0 Å². The van der Waals surface area contributed by atoms with Crippen molar-refractivity contribution in [2.24, 2.45) is 11.1 Å². The van der Waals surface area contributed by atoms with Crippen LogP contribution >= 0.6 is 0 Å². The summed E-state index contributed by atoms with van der Waals surface area (Å²) in [7, 11) is 0. The van der Waals surface area contributed by atoms with Crippen LogP contribution in [0.4, 0.5) is 0 Å². The lowest BCUT2D eigenvalue weighted by molar-refractivity contribution is -0.0337. The molecule has 1 aromatic carbocycles. The molecule has 0 amide bonds. The highest BCUT2D eigenvalue weighted by Crippen LogP contribution is 2.28. The smallest absolute Gasteiger partial charge is 0.133 e. The van der Waals surface area contributed by atoms with Crippen molar-refractivity contribution in [2.75, 3.05) is 13.2 Å². The standard InChI is InChI=1S/C15H19NO3/c1-11-14-7-13(18-10-15(14)16-19-11)9-17-8-12-5-3-2-4-6-12/h2-6,11,13-14H,7-10H2,1H3/t11-,13+,14-/m0/s1. The lowest BCUT2D eigenvalue weighted by Gasteiger charge is -2.28. The Hall–Kier alpha value is -1.39. The minimum absolute atomic E-state index is 0.150. The Kier molecular flexibility index (Phi) is 3.80. The van der Waals surface area contributed by atoms with Gasteiger partial charge in [0.15, 0.2) is 0 Å². The van der Waals surface area contributed by atoms with E-state index in [4.69, 9.17) is 14.3 Å². The fourth-order valence-electron chi connectivity index (χ4n) is 2.58. The van der Waals surface area contributed by atoms with Gasteiger partial charge >= 0.3 is 0 Å². The molecule has 0 unspecified atom stereocenters. The molecule has 1 fully saturated rings. The van der Waals surface area contributed by atoms with Crippen LogP contribution in [0.5, 0.6) is 0 Å². The first-order valence-electron chi connectivity index (χ1n) is 6.79. The highest BCUT2D eigenvalue weighted by atomic mass is 16.6. The molecule has 0 N–H and O–H groups in total. The zero-order valence-electron chi connectivity index (χ0n) is 11.1. The first-order valence-corrected chi connectivity index (χ1v) is 6.79. The van der Waals surface area contributed by atoms with E-state index in [0.717, 1.165) is 12.1 Å². The summed E-state index contributed by atoms with van der Waals surface area (Å²) in [5.74, 6) is 0.402. The molecule has 0 aromatic heterocycles. The van der Waals surface area contributed by atoms with E-state index in [1.54, 1.807) is 0 Å². The number of ether oxygens (including phenoxy) is 2. The number of hydrogen-bond donors (Lipinski definition) is 0. The number of nitrogens with zero attached hydrogens (tertiary/aromatic N) is 1. The van der Waals surface area contributed by atoms with Gasteiger partial charge in [-0.2, -0.15) is 0 Å². The van der Waals surface area contributed by atoms with Crippen molar-refractivity contribution in [3.05, 3.63) is 35.9 Å². The maximum atomic E-state index is 5.74. The molecule has 0 saturated carbocycles. The molecule has 0 radical (unpaired) electrons. The molecular weight excluding hydrogens is 242 g/mol. The second kappa shape index (κ2) is 5.72. The fourth-order valence-corrected chi connectivity index (χ4v) is 2.58. The van der Waals surface area contributed by atoms with Gasteiger partial charge in [-0.1, -0.05) is 35.5 Å². The molecule has 1 aromatic rings. The highest BCUT2D eigenvalue weighted by molar-refractivity contribution is 5.89. The van der Waals surface area contributed by atoms with Crippen molar-refractivity contribution in [3.63, 3.8) is 0 Å². The molecule has 2 heterocycles. The second-order valence-corrected chi connectivity index (χ2v) is 5.17. The molecule has 0 bridgehead atoms. The lowest BCUT2D eigenvalue weighted by atomic mass is 9.90. The van der Waals surface area contributed by atoms with E-state index in [1.165, 1.54) is 5.56 Å². The average Bonchev–Trinajstić information content (AvgIpc) is 2.82. The van der Waals surface area contributed by atoms with Gasteiger partial charge in [0, 0.05) is 5.92 Å². The van der Waals surface area contributed by atoms with Gasteiger partial charge in [-0.15, -0.1) is 0 Å². The van der Waals surface area contributed by atoms with Crippen LogP contribution in [0.25, 0.3) is 0 Å². The van der Waals surface area contributed by atoms with Gasteiger partial charge in [0.25, 0.3) is 0 Å². The Balaban J connectivity index is 1.45. The maximum Gasteiger partial charge on any atom is 0.133 e. The van der Waals surface area contributed by atoms with Gasteiger partial charge in [0.05, 0.1) is 31.6 Å². The number of fused-ring (bicyclic) bond motifs is 1. The van der Waals surface area contributed by atoms with E-state index >= 15 is 0 Å². The Labute approximate surface area is 113 Å². The molecule has 1 saturated heterocycles. The van der Waals surface area contributed by atoms with Crippen molar-refractivity contribution in [1.82, 2.24) is 0 Å². The third-order valence-corrected chi connectivity index (χ3v) is 3.73. The van der Waals surface area contributed by atoms with E-state index in [-0.39, 0.29) is 12.2 Å². The lowest BCUT2D eigenvalue weighted by Crippen LogP contribution is -2.38. The Morgan fingerprint density at radius 1 is 1.32 bits per heavy atom. The van der Waals surface area contributed by atoms with Crippen LogP contribution in [-0.4, -0.2) is 31.1 Å². The van der Waals surface area contributed by atoms with Gasteiger partial charge in [0.1, 0.15) is 6.10 Å². The molecule has 4 heteroatoms. The number of benzene rings is 1. The number of hydrogen-bond acceptors (Lipinski definition) is 4. The van der Waals surface area contributed by atoms with Crippen LogP contribution in [-0.2, 0) is 20.9 Å². The zero-order chi connectivity index (χ0) is 13.1. The summed E-state index contributed by atoms with van der Waals surface area (Å²) in [6.45, 7) is 3.91. The predicted octanol–water partition coefficient (Wildman–Crippen LogP) is 2.38. The predicted molar refractivity (Wildman–Crippen MR) is 71.9 cm³/mol. The minimum Gasteiger partial charge on any atom is -0.392 e. The molecule has 2 aliphatic heterocycles. The maximum absolute atomic E-state index is 5.74. The molecular formula is C15H19NO3. The van der Waals surface area contributed by atoms with E-state index in [2.05, 4.69) is 24.2 Å². The van der Waals surface area contributed by atoms with Crippen molar-refractivity contribution in [1.29, 1.82) is 0 Å². The van der Waals surface area contributed by atoms with E-state index in [9.17, 15) is 0 Å². The summed E-state index contributed by atoms with van der Waals surface area (Å²) in [6, 6.07) is 10.2.